The van der Waals surface area contributed by atoms with Crippen molar-refractivity contribution in [1.29, 1.82) is 0 Å². The molecule has 0 heterocycles. The number of nitrogens with one attached hydrogen (secondary N) is 1. The first-order chi connectivity index (χ1) is 9.52. The summed E-state index contributed by atoms with van der Waals surface area (Å²) >= 11 is 0. The lowest BCUT2D eigenvalue weighted by molar-refractivity contribution is 0.179. The van der Waals surface area contributed by atoms with Gasteiger partial charge in [-0.15, -0.1) is 24.0 Å². The SMILES string of the molecule is COCC(C)NC(N)=NCC1(C)Cc2ccccc2C1.I. The highest BCUT2D eigenvalue weighted by molar-refractivity contribution is 14.0. The van der Waals surface area contributed by atoms with E-state index in [2.05, 4.69) is 41.5 Å². The highest BCUT2D eigenvalue weighted by atomic mass is 127. The minimum Gasteiger partial charge on any atom is -0.383 e. The molecular formula is C16H26IN3O. The first kappa shape index (κ1) is 18.2. The Bertz CT molecular complexity index is 465. The van der Waals surface area contributed by atoms with Crippen LogP contribution >= 0.6 is 24.0 Å². The summed E-state index contributed by atoms with van der Waals surface area (Å²) in [5, 5.41) is 3.15. The molecule has 1 aliphatic rings. The van der Waals surface area contributed by atoms with Gasteiger partial charge in [0.05, 0.1) is 6.61 Å². The Morgan fingerprint density at radius 3 is 2.48 bits per heavy atom. The molecule has 118 valence electrons. The van der Waals surface area contributed by atoms with Crippen molar-refractivity contribution in [3.05, 3.63) is 35.4 Å². The van der Waals surface area contributed by atoms with Gasteiger partial charge in [0, 0.05) is 19.7 Å². The summed E-state index contributed by atoms with van der Waals surface area (Å²) in [5.74, 6) is 0.506. The highest BCUT2D eigenvalue weighted by Crippen LogP contribution is 2.36. The van der Waals surface area contributed by atoms with Gasteiger partial charge in [-0.25, -0.2) is 0 Å². The van der Waals surface area contributed by atoms with Crippen LogP contribution in [0, 0.1) is 5.41 Å². The van der Waals surface area contributed by atoms with Crippen LogP contribution in [0.3, 0.4) is 0 Å². The number of benzene rings is 1. The fourth-order valence-electron chi connectivity index (χ4n) is 2.86. The predicted molar refractivity (Wildman–Crippen MR) is 98.3 cm³/mol. The van der Waals surface area contributed by atoms with Gasteiger partial charge >= 0.3 is 0 Å². The largest absolute Gasteiger partial charge is 0.383 e. The molecule has 0 radical (unpaired) electrons. The topological polar surface area (TPSA) is 59.6 Å². The number of fused-ring (bicyclic) bond motifs is 1. The van der Waals surface area contributed by atoms with E-state index in [4.69, 9.17) is 10.5 Å². The molecule has 0 spiro atoms. The summed E-state index contributed by atoms with van der Waals surface area (Å²) in [7, 11) is 1.68. The van der Waals surface area contributed by atoms with Crippen molar-refractivity contribution in [2.45, 2.75) is 32.7 Å². The van der Waals surface area contributed by atoms with E-state index in [1.165, 1.54) is 11.1 Å². The van der Waals surface area contributed by atoms with E-state index in [9.17, 15) is 0 Å². The monoisotopic (exact) mass is 403 g/mol. The molecule has 4 nitrogen and oxygen atoms in total. The normalized spacial score (nSPS) is 17.8. The lowest BCUT2D eigenvalue weighted by Crippen LogP contribution is -2.41. The second kappa shape index (κ2) is 7.98. The number of guanidine groups is 1. The fourth-order valence-corrected chi connectivity index (χ4v) is 2.86. The van der Waals surface area contributed by atoms with E-state index in [-0.39, 0.29) is 35.4 Å². The van der Waals surface area contributed by atoms with Gasteiger partial charge < -0.3 is 15.8 Å². The quantitative estimate of drug-likeness (QED) is 0.451. The molecule has 1 aliphatic carbocycles. The molecule has 1 atom stereocenters. The average molecular weight is 403 g/mol. The molecule has 0 fully saturated rings. The maximum atomic E-state index is 5.93. The molecule has 0 saturated heterocycles. The lowest BCUT2D eigenvalue weighted by Gasteiger charge is -2.21. The predicted octanol–water partition coefficient (Wildman–Crippen LogP) is 2.35. The number of nitrogens with two attached hydrogens (primary N) is 1. The van der Waals surface area contributed by atoms with Gasteiger partial charge in [-0.1, -0.05) is 31.2 Å². The molecule has 1 aromatic rings. The number of rotatable bonds is 5. The summed E-state index contributed by atoms with van der Waals surface area (Å²) in [6.07, 6.45) is 2.15. The van der Waals surface area contributed by atoms with Crippen molar-refractivity contribution in [2.75, 3.05) is 20.3 Å². The molecule has 1 aromatic carbocycles. The zero-order valence-electron chi connectivity index (χ0n) is 13.1. The summed E-state index contributed by atoms with van der Waals surface area (Å²) in [4.78, 5) is 4.51. The van der Waals surface area contributed by atoms with Gasteiger partial charge in [-0.05, 0) is 36.3 Å². The van der Waals surface area contributed by atoms with E-state index in [1.54, 1.807) is 7.11 Å². The zero-order chi connectivity index (χ0) is 14.6. The summed E-state index contributed by atoms with van der Waals surface area (Å²) in [5.41, 5.74) is 9.01. The van der Waals surface area contributed by atoms with Crippen LogP contribution in [0.25, 0.3) is 0 Å². The molecule has 0 amide bonds. The lowest BCUT2D eigenvalue weighted by atomic mass is 9.87. The van der Waals surface area contributed by atoms with E-state index in [0.717, 1.165) is 19.4 Å². The fraction of sp³-hybridized carbons (Fsp3) is 0.562. The van der Waals surface area contributed by atoms with Crippen LogP contribution in [-0.4, -0.2) is 32.3 Å². The molecule has 0 aromatic heterocycles. The molecular weight excluding hydrogens is 377 g/mol. The minimum atomic E-state index is 0. The number of methoxy groups -OCH3 is 1. The van der Waals surface area contributed by atoms with E-state index >= 15 is 0 Å². The molecule has 5 heteroatoms. The van der Waals surface area contributed by atoms with Crippen molar-refractivity contribution < 1.29 is 4.74 Å². The zero-order valence-corrected chi connectivity index (χ0v) is 15.4. The molecule has 2 rings (SSSR count). The number of nitrogens with zero attached hydrogens (tertiary/aromatic N) is 1. The third-order valence-corrected chi connectivity index (χ3v) is 3.79. The maximum absolute atomic E-state index is 5.93. The van der Waals surface area contributed by atoms with E-state index in [1.807, 2.05) is 6.92 Å². The summed E-state index contributed by atoms with van der Waals surface area (Å²) < 4.78 is 5.07. The summed E-state index contributed by atoms with van der Waals surface area (Å²) in [6.45, 7) is 5.68. The van der Waals surface area contributed by atoms with Crippen LogP contribution in [0.2, 0.25) is 0 Å². The standard InChI is InChI=1S/C16H25N3O.HI/c1-12(10-20-3)19-15(17)18-11-16(2)8-13-6-4-5-7-14(13)9-16;/h4-7,12H,8-11H2,1-3H3,(H3,17,18,19);1H. The van der Waals surface area contributed by atoms with Crippen molar-refractivity contribution in [3.63, 3.8) is 0 Å². The van der Waals surface area contributed by atoms with Crippen LogP contribution in [0.15, 0.2) is 29.3 Å². The Kier molecular flexibility index (Phi) is 6.93. The van der Waals surface area contributed by atoms with Crippen LogP contribution in [-0.2, 0) is 17.6 Å². The second-order valence-electron chi connectivity index (χ2n) is 6.14. The Hall–Kier alpha value is -0.820. The first-order valence-electron chi connectivity index (χ1n) is 7.14. The van der Waals surface area contributed by atoms with E-state index < -0.39 is 0 Å². The van der Waals surface area contributed by atoms with Crippen molar-refractivity contribution in [1.82, 2.24) is 5.32 Å². The maximum Gasteiger partial charge on any atom is 0.188 e. The third-order valence-electron chi connectivity index (χ3n) is 3.79. The van der Waals surface area contributed by atoms with Gasteiger partial charge in [0.15, 0.2) is 5.96 Å². The molecule has 0 aliphatic heterocycles. The van der Waals surface area contributed by atoms with Gasteiger partial charge in [-0.2, -0.15) is 0 Å². The smallest absolute Gasteiger partial charge is 0.188 e. The number of hydrogen-bond donors (Lipinski definition) is 2. The van der Waals surface area contributed by atoms with Gasteiger partial charge in [0.1, 0.15) is 0 Å². The second-order valence-corrected chi connectivity index (χ2v) is 6.14. The Morgan fingerprint density at radius 2 is 1.95 bits per heavy atom. The van der Waals surface area contributed by atoms with Gasteiger partial charge in [0.25, 0.3) is 0 Å². The van der Waals surface area contributed by atoms with E-state index in [0.29, 0.717) is 12.6 Å². The number of ether oxygens (including phenoxy) is 1. The molecule has 21 heavy (non-hydrogen) atoms. The van der Waals surface area contributed by atoms with Crippen molar-refractivity contribution in [2.24, 2.45) is 16.1 Å². The van der Waals surface area contributed by atoms with Gasteiger partial charge in [-0.3, -0.25) is 4.99 Å². The number of halogens is 1. The van der Waals surface area contributed by atoms with Crippen molar-refractivity contribution in [3.8, 4) is 0 Å². The van der Waals surface area contributed by atoms with Crippen LogP contribution in [0.5, 0.6) is 0 Å². The van der Waals surface area contributed by atoms with Crippen LogP contribution in [0.1, 0.15) is 25.0 Å². The Balaban J connectivity index is 0.00000220. The van der Waals surface area contributed by atoms with Crippen LogP contribution < -0.4 is 11.1 Å². The molecule has 1 unspecified atom stereocenters. The molecule has 3 N–H and O–H groups in total. The van der Waals surface area contributed by atoms with Crippen molar-refractivity contribution >= 4 is 29.9 Å². The molecule has 0 saturated carbocycles. The summed E-state index contributed by atoms with van der Waals surface area (Å²) in [6, 6.07) is 8.82. The Morgan fingerprint density at radius 1 is 1.38 bits per heavy atom. The Labute approximate surface area is 144 Å². The molecule has 0 bridgehead atoms. The minimum absolute atomic E-state index is 0. The van der Waals surface area contributed by atoms with Crippen LogP contribution in [0.4, 0.5) is 0 Å². The average Bonchev–Trinajstić information content (AvgIpc) is 2.73. The third kappa shape index (κ3) is 5.14. The highest BCUT2D eigenvalue weighted by Gasteiger charge is 2.32. The number of aliphatic imine (C=N–C) groups is 1. The number of hydrogen-bond acceptors (Lipinski definition) is 2. The first-order valence-corrected chi connectivity index (χ1v) is 7.14. The van der Waals surface area contributed by atoms with Gasteiger partial charge in [0.2, 0.25) is 0 Å².